The second-order valence-electron chi connectivity index (χ2n) is 14.5. The highest BCUT2D eigenvalue weighted by Crippen LogP contribution is 2.54. The number of hydrogen-bond acceptors (Lipinski definition) is 5. The fourth-order valence-corrected chi connectivity index (χ4v) is 6.70. The topological polar surface area (TPSA) is 84.7 Å². The summed E-state index contributed by atoms with van der Waals surface area (Å²) in [6, 6.07) is 5.57. The number of ether oxygens (including phenoxy) is 1. The van der Waals surface area contributed by atoms with Gasteiger partial charge in [0.1, 0.15) is 11.4 Å². The lowest BCUT2D eigenvalue weighted by molar-refractivity contribution is -0.119. The minimum absolute atomic E-state index is 0.179. The fourth-order valence-electron chi connectivity index (χ4n) is 6.42. The van der Waals surface area contributed by atoms with E-state index in [9.17, 15) is 9.59 Å². The van der Waals surface area contributed by atoms with Crippen molar-refractivity contribution in [3.8, 4) is 0 Å². The highest BCUT2D eigenvalue weighted by atomic mass is 35.5. The molecule has 0 radical (unpaired) electrons. The van der Waals surface area contributed by atoms with E-state index in [1.807, 2.05) is 45.9 Å². The molecule has 2 amide bonds. The Kier molecular flexibility index (Phi) is 7.75. The third-order valence-electron chi connectivity index (χ3n) is 8.32. The molecule has 1 aromatic heterocycles. The van der Waals surface area contributed by atoms with Crippen molar-refractivity contribution in [1.29, 1.82) is 0 Å². The van der Waals surface area contributed by atoms with Crippen molar-refractivity contribution >= 4 is 29.3 Å². The van der Waals surface area contributed by atoms with Crippen molar-refractivity contribution in [3.05, 3.63) is 45.8 Å². The van der Waals surface area contributed by atoms with Crippen LogP contribution >= 0.6 is 11.6 Å². The summed E-state index contributed by atoms with van der Waals surface area (Å²) in [7, 11) is 0. The third-order valence-corrected chi connectivity index (χ3v) is 8.63. The summed E-state index contributed by atoms with van der Waals surface area (Å²) in [5, 5.41) is 8.15. The number of aromatic nitrogens is 1. The lowest BCUT2D eigenvalue weighted by Gasteiger charge is -2.38. The van der Waals surface area contributed by atoms with Crippen LogP contribution in [0.15, 0.2) is 22.7 Å². The molecule has 2 aliphatic carbocycles. The molecule has 7 nitrogen and oxygen atoms in total. The smallest absolute Gasteiger partial charge is 0.410 e. The first-order valence-corrected chi connectivity index (χ1v) is 15.1. The Morgan fingerprint density at radius 1 is 1.10 bits per heavy atom. The minimum Gasteiger partial charge on any atom is -0.444 e. The second kappa shape index (κ2) is 10.7. The summed E-state index contributed by atoms with van der Waals surface area (Å²) in [4.78, 5) is 28.5. The van der Waals surface area contributed by atoms with E-state index < -0.39 is 17.6 Å². The number of likely N-dealkylation sites (tertiary alicyclic amines) is 1. The molecule has 40 heavy (non-hydrogen) atoms. The van der Waals surface area contributed by atoms with Gasteiger partial charge in [0.05, 0.1) is 22.3 Å². The lowest BCUT2D eigenvalue weighted by atomic mass is 9.66. The molecule has 3 aliphatic rings. The van der Waals surface area contributed by atoms with Gasteiger partial charge in [-0.25, -0.2) is 4.79 Å². The van der Waals surface area contributed by atoms with Crippen LogP contribution < -0.4 is 5.32 Å². The normalized spacial score (nSPS) is 25.1. The van der Waals surface area contributed by atoms with Gasteiger partial charge >= 0.3 is 6.09 Å². The summed E-state index contributed by atoms with van der Waals surface area (Å²) >= 11 is 6.45. The van der Waals surface area contributed by atoms with Gasteiger partial charge < -0.3 is 19.5 Å². The van der Waals surface area contributed by atoms with Crippen LogP contribution in [0.2, 0.25) is 5.02 Å². The summed E-state index contributed by atoms with van der Waals surface area (Å²) in [6.07, 6.45) is 5.25. The van der Waals surface area contributed by atoms with E-state index >= 15 is 0 Å². The molecule has 2 heterocycles. The van der Waals surface area contributed by atoms with E-state index in [0.29, 0.717) is 40.4 Å². The Morgan fingerprint density at radius 3 is 2.40 bits per heavy atom. The first kappa shape index (κ1) is 29.0. The zero-order chi connectivity index (χ0) is 29.0. The number of anilines is 1. The van der Waals surface area contributed by atoms with Crippen LogP contribution in [0.1, 0.15) is 114 Å². The molecule has 2 atom stereocenters. The molecule has 218 valence electrons. The molecule has 5 rings (SSSR count). The van der Waals surface area contributed by atoms with E-state index in [1.165, 1.54) is 12.0 Å². The van der Waals surface area contributed by atoms with Gasteiger partial charge in [-0.05, 0) is 94.7 Å². The molecule has 1 N–H and O–H groups in total. The number of halogens is 1. The molecule has 2 aromatic rings. The van der Waals surface area contributed by atoms with Crippen molar-refractivity contribution in [2.24, 2.45) is 17.3 Å². The number of benzene rings is 1. The molecule has 0 spiro atoms. The van der Waals surface area contributed by atoms with Gasteiger partial charge in [0.25, 0.3) is 0 Å². The van der Waals surface area contributed by atoms with E-state index in [4.69, 9.17) is 20.9 Å². The lowest BCUT2D eigenvalue weighted by Crippen LogP contribution is -2.36. The zero-order valence-corrected chi connectivity index (χ0v) is 25.7. The van der Waals surface area contributed by atoms with E-state index in [1.54, 1.807) is 4.90 Å². The van der Waals surface area contributed by atoms with Gasteiger partial charge in [0, 0.05) is 30.5 Å². The first-order valence-electron chi connectivity index (χ1n) is 14.7. The Balaban J connectivity index is 1.41. The molecule has 1 aromatic carbocycles. The summed E-state index contributed by atoms with van der Waals surface area (Å²) < 4.78 is 11.8. The average molecular weight is 570 g/mol. The number of carbonyl (C=O) groups excluding carboxylic acids is 2. The number of amides is 2. The number of aryl methyl sites for hydroxylation is 1. The second-order valence-corrected chi connectivity index (χ2v) is 14.9. The molecular weight excluding hydrogens is 526 g/mol. The van der Waals surface area contributed by atoms with Crippen molar-refractivity contribution < 1.29 is 18.8 Å². The van der Waals surface area contributed by atoms with Crippen LogP contribution in [-0.4, -0.2) is 40.7 Å². The van der Waals surface area contributed by atoms with E-state index in [2.05, 4.69) is 31.2 Å². The number of hydrogen-bond donors (Lipinski definition) is 1. The quantitative estimate of drug-likeness (QED) is 0.380. The van der Waals surface area contributed by atoms with Crippen molar-refractivity contribution in [2.75, 3.05) is 18.4 Å². The van der Waals surface area contributed by atoms with Gasteiger partial charge in [-0.2, -0.15) is 0 Å². The standard InChI is InChI=1S/C32H44ClN3O4/c1-18-8-11-25(24(33)12-18)34-29(37)23-17-36(30(38)39-32(5,6)7)16-22(23)27-26(20-9-10-20)28(40-35-27)21-13-19(14-21)15-31(2,3)4/h8,11-12,19-23H,9-10,13-17H2,1-7H3,(H,34,37)/t19-,21+,22-,23-/m0/s1. The van der Waals surface area contributed by atoms with Gasteiger partial charge in [0.2, 0.25) is 5.91 Å². The van der Waals surface area contributed by atoms with Crippen LogP contribution in [0.5, 0.6) is 0 Å². The minimum atomic E-state index is -0.629. The number of nitrogens with one attached hydrogen (secondary N) is 1. The monoisotopic (exact) mass is 569 g/mol. The predicted octanol–water partition coefficient (Wildman–Crippen LogP) is 8.03. The highest BCUT2D eigenvalue weighted by molar-refractivity contribution is 6.33. The van der Waals surface area contributed by atoms with Crippen molar-refractivity contribution in [3.63, 3.8) is 0 Å². The largest absolute Gasteiger partial charge is 0.444 e. The summed E-state index contributed by atoms with van der Waals surface area (Å²) in [6.45, 7) is 15.0. The number of rotatable bonds is 6. The average Bonchev–Trinajstić information content (AvgIpc) is 3.39. The van der Waals surface area contributed by atoms with Crippen LogP contribution in [0.25, 0.3) is 0 Å². The van der Waals surface area contributed by atoms with Gasteiger partial charge in [0.15, 0.2) is 0 Å². The predicted molar refractivity (Wildman–Crippen MR) is 157 cm³/mol. The number of nitrogens with zero attached hydrogens (tertiary/aromatic N) is 2. The Hall–Kier alpha value is -2.54. The molecule has 0 bridgehead atoms. The van der Waals surface area contributed by atoms with Crippen LogP contribution in [0.3, 0.4) is 0 Å². The highest BCUT2D eigenvalue weighted by Gasteiger charge is 2.48. The first-order chi connectivity index (χ1) is 18.7. The summed E-state index contributed by atoms with van der Waals surface area (Å²) in [5.74, 6) is 1.55. The molecule has 1 aliphatic heterocycles. The van der Waals surface area contributed by atoms with Gasteiger partial charge in [-0.15, -0.1) is 0 Å². The maximum atomic E-state index is 13.8. The molecule has 1 saturated heterocycles. The molecular formula is C32H44ClN3O4. The van der Waals surface area contributed by atoms with Gasteiger partial charge in [-0.1, -0.05) is 43.6 Å². The Labute approximate surface area is 243 Å². The van der Waals surface area contributed by atoms with E-state index in [0.717, 1.165) is 42.7 Å². The van der Waals surface area contributed by atoms with Crippen LogP contribution in [0.4, 0.5) is 10.5 Å². The van der Waals surface area contributed by atoms with Crippen LogP contribution in [-0.2, 0) is 9.53 Å². The van der Waals surface area contributed by atoms with Crippen molar-refractivity contribution in [1.82, 2.24) is 10.1 Å². The zero-order valence-electron chi connectivity index (χ0n) is 25.0. The third kappa shape index (κ3) is 6.50. The molecule has 0 unspecified atom stereocenters. The molecule has 8 heteroatoms. The summed E-state index contributed by atoms with van der Waals surface area (Å²) in [5.41, 5.74) is 3.31. The van der Waals surface area contributed by atoms with E-state index in [-0.39, 0.29) is 18.4 Å². The molecule has 3 fully saturated rings. The fraction of sp³-hybridized carbons (Fsp3) is 0.656. The van der Waals surface area contributed by atoms with Gasteiger partial charge in [-0.3, -0.25) is 4.79 Å². The number of carbonyl (C=O) groups is 2. The Bertz CT molecular complexity index is 1260. The SMILES string of the molecule is Cc1ccc(NC(=O)[C@H]2CN(C(=O)OC(C)(C)C)C[C@@H]2c2noc([C@H]3C[C@@H](CC(C)(C)C)C3)c2C2CC2)c(Cl)c1. The van der Waals surface area contributed by atoms with Crippen LogP contribution in [0, 0.1) is 24.2 Å². The maximum Gasteiger partial charge on any atom is 0.410 e. The molecule has 2 saturated carbocycles. The van der Waals surface area contributed by atoms with Crippen molar-refractivity contribution in [2.45, 2.75) is 104 Å². The Morgan fingerprint density at radius 2 is 1.80 bits per heavy atom. The maximum absolute atomic E-state index is 13.8.